The van der Waals surface area contributed by atoms with E-state index in [1.54, 1.807) is 6.92 Å². The Hall–Kier alpha value is -0.480. The van der Waals surface area contributed by atoms with E-state index in [2.05, 4.69) is 11.8 Å². The Balaban J connectivity index is 2.36. The molecular formula is C10H16O. The lowest BCUT2D eigenvalue weighted by Gasteiger charge is -2.23. The van der Waals surface area contributed by atoms with Crippen molar-refractivity contribution in [2.75, 3.05) is 0 Å². The molecule has 1 aliphatic rings. The summed E-state index contributed by atoms with van der Waals surface area (Å²) in [5.41, 5.74) is 0. The third-order valence-electron chi connectivity index (χ3n) is 2.39. The maximum absolute atomic E-state index is 9.50. The third kappa shape index (κ3) is 2.55. The lowest BCUT2D eigenvalue weighted by molar-refractivity contribution is 0.133. The van der Waals surface area contributed by atoms with Gasteiger partial charge in [0.2, 0.25) is 0 Å². The fourth-order valence-corrected chi connectivity index (χ4v) is 1.72. The summed E-state index contributed by atoms with van der Waals surface area (Å²) in [5, 5.41) is 9.50. The Bertz CT molecular complexity index is 157. The van der Waals surface area contributed by atoms with Crippen molar-refractivity contribution in [3.8, 4) is 11.8 Å². The van der Waals surface area contributed by atoms with Crippen molar-refractivity contribution >= 4 is 0 Å². The Morgan fingerprint density at radius 2 is 1.91 bits per heavy atom. The number of aliphatic hydroxyl groups excluding tert-OH is 1. The molecule has 1 rings (SSSR count). The monoisotopic (exact) mass is 152 g/mol. The van der Waals surface area contributed by atoms with Crippen LogP contribution < -0.4 is 0 Å². The molecule has 1 saturated carbocycles. The quantitative estimate of drug-likeness (QED) is 0.569. The second kappa shape index (κ2) is 4.41. The van der Waals surface area contributed by atoms with Gasteiger partial charge >= 0.3 is 0 Å². The van der Waals surface area contributed by atoms with Gasteiger partial charge in [-0.1, -0.05) is 25.2 Å². The average molecular weight is 152 g/mol. The third-order valence-corrected chi connectivity index (χ3v) is 2.39. The molecule has 11 heavy (non-hydrogen) atoms. The molecule has 0 aromatic heterocycles. The maximum atomic E-state index is 9.50. The molecule has 0 amide bonds. The first-order valence-electron chi connectivity index (χ1n) is 4.45. The summed E-state index contributed by atoms with van der Waals surface area (Å²) in [6.45, 7) is 1.78. The van der Waals surface area contributed by atoms with Crippen molar-refractivity contribution < 1.29 is 5.11 Å². The van der Waals surface area contributed by atoms with Crippen LogP contribution in [0.3, 0.4) is 0 Å². The highest BCUT2D eigenvalue weighted by molar-refractivity contribution is 5.04. The van der Waals surface area contributed by atoms with Gasteiger partial charge in [0.05, 0.1) is 0 Å². The van der Waals surface area contributed by atoms with E-state index >= 15 is 0 Å². The van der Waals surface area contributed by atoms with Gasteiger partial charge in [0.1, 0.15) is 6.10 Å². The van der Waals surface area contributed by atoms with Crippen molar-refractivity contribution in [1.29, 1.82) is 0 Å². The fourth-order valence-electron chi connectivity index (χ4n) is 1.72. The summed E-state index contributed by atoms with van der Waals surface area (Å²) >= 11 is 0. The summed E-state index contributed by atoms with van der Waals surface area (Å²) in [6, 6.07) is 0. The zero-order valence-corrected chi connectivity index (χ0v) is 7.14. The second-order valence-corrected chi connectivity index (χ2v) is 3.24. The first-order valence-corrected chi connectivity index (χ1v) is 4.45. The van der Waals surface area contributed by atoms with E-state index in [0.717, 1.165) is 12.8 Å². The highest BCUT2D eigenvalue weighted by Gasteiger charge is 2.19. The lowest BCUT2D eigenvalue weighted by Crippen LogP contribution is -2.20. The molecule has 1 nitrogen and oxygen atoms in total. The predicted molar refractivity (Wildman–Crippen MR) is 46.0 cm³/mol. The largest absolute Gasteiger partial charge is 0.380 e. The van der Waals surface area contributed by atoms with Crippen LogP contribution in [-0.2, 0) is 0 Å². The molecule has 1 atom stereocenters. The van der Waals surface area contributed by atoms with Gasteiger partial charge in [-0.2, -0.15) is 0 Å². The molecule has 0 aromatic carbocycles. The van der Waals surface area contributed by atoms with Crippen LogP contribution in [0.4, 0.5) is 0 Å². The summed E-state index contributed by atoms with van der Waals surface area (Å²) < 4.78 is 0. The molecule has 0 spiro atoms. The molecular weight excluding hydrogens is 136 g/mol. The summed E-state index contributed by atoms with van der Waals surface area (Å²) in [4.78, 5) is 0. The van der Waals surface area contributed by atoms with Crippen molar-refractivity contribution in [1.82, 2.24) is 0 Å². The van der Waals surface area contributed by atoms with Gasteiger partial charge in [-0.3, -0.25) is 0 Å². The smallest absolute Gasteiger partial charge is 0.117 e. The van der Waals surface area contributed by atoms with E-state index in [1.807, 2.05) is 0 Å². The molecule has 0 saturated heterocycles. The van der Waals surface area contributed by atoms with Crippen LogP contribution >= 0.6 is 0 Å². The van der Waals surface area contributed by atoms with Crippen LogP contribution in [-0.4, -0.2) is 11.2 Å². The summed E-state index contributed by atoms with van der Waals surface area (Å²) in [7, 11) is 0. The van der Waals surface area contributed by atoms with Gasteiger partial charge in [-0.25, -0.2) is 0 Å². The van der Waals surface area contributed by atoms with E-state index in [1.165, 1.54) is 19.3 Å². The van der Waals surface area contributed by atoms with E-state index in [-0.39, 0.29) is 6.10 Å². The average Bonchev–Trinajstić information content (AvgIpc) is 2.07. The normalized spacial score (nSPS) is 22.0. The molecule has 1 fully saturated rings. The molecule has 0 heterocycles. The fraction of sp³-hybridized carbons (Fsp3) is 0.800. The minimum absolute atomic E-state index is 0.361. The van der Waals surface area contributed by atoms with E-state index in [4.69, 9.17) is 0 Å². The summed E-state index contributed by atoms with van der Waals surface area (Å²) in [5.74, 6) is 6.04. The number of aliphatic hydroxyl groups is 1. The molecule has 1 heteroatoms. The molecule has 0 bridgehead atoms. The number of hydrogen-bond acceptors (Lipinski definition) is 1. The molecule has 1 aliphatic carbocycles. The summed E-state index contributed by atoms with van der Waals surface area (Å²) in [6.07, 6.45) is 5.84. The SMILES string of the molecule is CC#CC(O)C1CCCCC1. The van der Waals surface area contributed by atoms with Crippen LogP contribution in [0.15, 0.2) is 0 Å². The Morgan fingerprint density at radius 3 is 2.45 bits per heavy atom. The van der Waals surface area contributed by atoms with E-state index in [0.29, 0.717) is 5.92 Å². The minimum Gasteiger partial charge on any atom is -0.380 e. The Morgan fingerprint density at radius 1 is 1.27 bits per heavy atom. The maximum Gasteiger partial charge on any atom is 0.117 e. The van der Waals surface area contributed by atoms with Crippen molar-refractivity contribution in [3.05, 3.63) is 0 Å². The highest BCUT2D eigenvalue weighted by atomic mass is 16.3. The van der Waals surface area contributed by atoms with Gasteiger partial charge in [-0.05, 0) is 25.7 Å². The molecule has 0 aliphatic heterocycles. The zero-order chi connectivity index (χ0) is 8.10. The van der Waals surface area contributed by atoms with Gasteiger partial charge in [-0.15, -0.1) is 5.92 Å². The molecule has 1 N–H and O–H groups in total. The van der Waals surface area contributed by atoms with E-state index < -0.39 is 0 Å². The van der Waals surface area contributed by atoms with Gasteiger partial charge in [0, 0.05) is 0 Å². The molecule has 0 aromatic rings. The van der Waals surface area contributed by atoms with Crippen LogP contribution in [0.5, 0.6) is 0 Å². The van der Waals surface area contributed by atoms with Crippen molar-refractivity contribution in [2.45, 2.75) is 45.1 Å². The molecule has 0 radical (unpaired) electrons. The topological polar surface area (TPSA) is 20.2 Å². The first-order chi connectivity index (χ1) is 5.34. The van der Waals surface area contributed by atoms with Crippen LogP contribution in [0.2, 0.25) is 0 Å². The minimum atomic E-state index is -0.361. The second-order valence-electron chi connectivity index (χ2n) is 3.24. The lowest BCUT2D eigenvalue weighted by atomic mass is 9.85. The van der Waals surface area contributed by atoms with Crippen molar-refractivity contribution in [3.63, 3.8) is 0 Å². The van der Waals surface area contributed by atoms with Crippen LogP contribution in [0.1, 0.15) is 39.0 Å². The number of hydrogen-bond donors (Lipinski definition) is 1. The number of rotatable bonds is 1. The van der Waals surface area contributed by atoms with Gasteiger partial charge < -0.3 is 5.11 Å². The van der Waals surface area contributed by atoms with E-state index in [9.17, 15) is 5.11 Å². The first kappa shape index (κ1) is 8.62. The Kier molecular flexibility index (Phi) is 3.45. The van der Waals surface area contributed by atoms with Gasteiger partial charge in [0.25, 0.3) is 0 Å². The van der Waals surface area contributed by atoms with Gasteiger partial charge in [0.15, 0.2) is 0 Å². The predicted octanol–water partition coefficient (Wildman–Crippen LogP) is 1.95. The molecule has 1 unspecified atom stereocenters. The highest BCUT2D eigenvalue weighted by Crippen LogP contribution is 2.25. The van der Waals surface area contributed by atoms with Crippen LogP contribution in [0.25, 0.3) is 0 Å². The van der Waals surface area contributed by atoms with Crippen molar-refractivity contribution in [2.24, 2.45) is 5.92 Å². The van der Waals surface area contributed by atoms with Crippen LogP contribution in [0, 0.1) is 17.8 Å². The standard InChI is InChI=1S/C10H16O/c1-2-6-10(11)9-7-4-3-5-8-9/h9-11H,3-5,7-8H2,1H3. The zero-order valence-electron chi connectivity index (χ0n) is 7.14. The Labute approximate surface area is 68.8 Å². The molecule has 62 valence electrons.